The van der Waals surface area contributed by atoms with Crippen molar-refractivity contribution in [3.63, 3.8) is 0 Å². The molecule has 1 fully saturated rings. The lowest BCUT2D eigenvalue weighted by Crippen LogP contribution is -2.46. The molecule has 140 valence electrons. The molecule has 0 aliphatic carbocycles. The number of fused-ring (bicyclic) bond motifs is 1. The predicted octanol–water partition coefficient (Wildman–Crippen LogP) is 1.12. The van der Waals surface area contributed by atoms with E-state index in [2.05, 4.69) is 24.1 Å². The molecule has 1 aliphatic rings. The summed E-state index contributed by atoms with van der Waals surface area (Å²) in [6.45, 7) is 5.02. The van der Waals surface area contributed by atoms with Crippen molar-refractivity contribution in [1.82, 2.24) is 24.5 Å². The van der Waals surface area contributed by atoms with E-state index in [0.717, 1.165) is 0 Å². The second-order valence-electron chi connectivity index (χ2n) is 7.10. The fraction of sp³-hybridized carbons (Fsp3) is 0.529. The topological polar surface area (TPSA) is 87.0 Å². The van der Waals surface area contributed by atoms with E-state index in [1.54, 1.807) is 30.6 Å². The molecule has 0 radical (unpaired) electrons. The molecule has 1 saturated heterocycles. The van der Waals surface area contributed by atoms with Gasteiger partial charge in [-0.15, -0.1) is 11.3 Å². The summed E-state index contributed by atoms with van der Waals surface area (Å²) >= 11 is 1.34. The normalized spacial score (nSPS) is 20.0. The number of urea groups is 1. The number of nitrogens with zero attached hydrogens (tertiary/aromatic N) is 4. The number of rotatable bonds is 3. The minimum atomic E-state index is -0.358. The molecular weight excluding hydrogens is 354 g/mol. The molecular formula is C17H23N5O3S. The van der Waals surface area contributed by atoms with Crippen LogP contribution in [0, 0.1) is 11.8 Å². The zero-order valence-corrected chi connectivity index (χ0v) is 16.1. The van der Waals surface area contributed by atoms with E-state index in [1.807, 2.05) is 0 Å². The van der Waals surface area contributed by atoms with Crippen molar-refractivity contribution in [2.75, 3.05) is 27.2 Å². The molecule has 8 nitrogen and oxygen atoms in total. The average molecular weight is 377 g/mol. The lowest BCUT2D eigenvalue weighted by molar-refractivity contribution is 0.0780. The third-order valence-corrected chi connectivity index (χ3v) is 5.57. The van der Waals surface area contributed by atoms with E-state index < -0.39 is 0 Å². The summed E-state index contributed by atoms with van der Waals surface area (Å²) in [5.41, 5.74) is -0.300. The average Bonchev–Trinajstić information content (AvgIpc) is 3.21. The Kier molecular flexibility index (Phi) is 4.99. The van der Waals surface area contributed by atoms with Crippen LogP contribution in [0.15, 0.2) is 22.6 Å². The molecule has 2 aromatic rings. The first-order chi connectivity index (χ1) is 12.3. The van der Waals surface area contributed by atoms with Crippen molar-refractivity contribution >= 4 is 28.2 Å². The summed E-state index contributed by atoms with van der Waals surface area (Å²) in [5.74, 6) is 0.0811. The molecule has 26 heavy (non-hydrogen) atoms. The van der Waals surface area contributed by atoms with Crippen molar-refractivity contribution in [1.29, 1.82) is 0 Å². The summed E-state index contributed by atoms with van der Waals surface area (Å²) in [7, 11) is 3.36. The third-order valence-electron chi connectivity index (χ3n) is 4.80. The molecule has 2 atom stereocenters. The van der Waals surface area contributed by atoms with E-state index in [0.29, 0.717) is 24.0 Å². The van der Waals surface area contributed by atoms with E-state index >= 15 is 0 Å². The molecule has 3 heterocycles. The molecule has 2 aromatic heterocycles. The van der Waals surface area contributed by atoms with Crippen molar-refractivity contribution in [2.45, 2.75) is 19.9 Å². The van der Waals surface area contributed by atoms with Crippen LogP contribution in [-0.4, -0.2) is 64.3 Å². The van der Waals surface area contributed by atoms with Gasteiger partial charge in [-0.2, -0.15) is 0 Å². The number of thiazole rings is 1. The van der Waals surface area contributed by atoms with E-state index in [-0.39, 0.29) is 35.0 Å². The smallest absolute Gasteiger partial charge is 0.317 e. The number of carbonyl (C=O) groups is 2. The van der Waals surface area contributed by atoms with E-state index in [9.17, 15) is 14.4 Å². The van der Waals surface area contributed by atoms with Gasteiger partial charge in [0.05, 0.1) is 6.04 Å². The van der Waals surface area contributed by atoms with Crippen LogP contribution >= 0.6 is 11.3 Å². The predicted molar refractivity (Wildman–Crippen MR) is 99.6 cm³/mol. The highest BCUT2D eigenvalue weighted by molar-refractivity contribution is 7.15. The Morgan fingerprint density at radius 1 is 1.35 bits per heavy atom. The van der Waals surface area contributed by atoms with Gasteiger partial charge in [0.2, 0.25) is 0 Å². The molecule has 1 N–H and O–H groups in total. The van der Waals surface area contributed by atoms with Gasteiger partial charge in [-0.1, -0.05) is 13.8 Å². The highest BCUT2D eigenvalue weighted by atomic mass is 32.1. The Balaban J connectivity index is 1.84. The van der Waals surface area contributed by atoms with Gasteiger partial charge in [0.1, 0.15) is 5.56 Å². The van der Waals surface area contributed by atoms with Crippen molar-refractivity contribution in [3.05, 3.63) is 33.7 Å². The number of hydrogen-bond donors (Lipinski definition) is 1. The van der Waals surface area contributed by atoms with E-state index in [1.165, 1.54) is 26.8 Å². The van der Waals surface area contributed by atoms with Gasteiger partial charge in [0.25, 0.3) is 11.5 Å². The Morgan fingerprint density at radius 3 is 2.73 bits per heavy atom. The molecule has 0 unspecified atom stereocenters. The summed E-state index contributed by atoms with van der Waals surface area (Å²) in [6.07, 6.45) is 2.97. The van der Waals surface area contributed by atoms with Gasteiger partial charge in [-0.25, -0.2) is 9.78 Å². The summed E-state index contributed by atoms with van der Waals surface area (Å²) in [5, 5.41) is 4.74. The Labute approximate surface area is 155 Å². The molecule has 3 amide bonds. The van der Waals surface area contributed by atoms with Crippen molar-refractivity contribution in [2.24, 2.45) is 11.8 Å². The molecule has 9 heteroatoms. The van der Waals surface area contributed by atoms with Gasteiger partial charge in [-0.3, -0.25) is 14.0 Å². The van der Waals surface area contributed by atoms with Crippen molar-refractivity contribution in [3.8, 4) is 0 Å². The SMILES string of the molecule is CC(C)[C@@H]1CN(C(=O)c2cnc3sccn3c2=O)C[C@H]1NC(=O)N(C)C. The largest absolute Gasteiger partial charge is 0.336 e. The number of hydrogen-bond acceptors (Lipinski definition) is 5. The Bertz CT molecular complexity index is 888. The van der Waals surface area contributed by atoms with Crippen LogP contribution < -0.4 is 10.9 Å². The van der Waals surface area contributed by atoms with Crippen LogP contribution in [0.3, 0.4) is 0 Å². The van der Waals surface area contributed by atoms with Gasteiger partial charge >= 0.3 is 6.03 Å². The molecule has 0 spiro atoms. The monoisotopic (exact) mass is 377 g/mol. The van der Waals surface area contributed by atoms with Crippen LogP contribution in [0.1, 0.15) is 24.2 Å². The molecule has 3 rings (SSSR count). The molecule has 1 aliphatic heterocycles. The van der Waals surface area contributed by atoms with Gasteiger partial charge in [0.15, 0.2) is 4.96 Å². The summed E-state index contributed by atoms with van der Waals surface area (Å²) in [4.78, 5) is 45.4. The van der Waals surface area contributed by atoms with Crippen LogP contribution in [0.5, 0.6) is 0 Å². The highest BCUT2D eigenvalue weighted by Gasteiger charge is 2.38. The van der Waals surface area contributed by atoms with Crippen molar-refractivity contribution < 1.29 is 9.59 Å². The maximum absolute atomic E-state index is 12.9. The second kappa shape index (κ2) is 7.06. The zero-order chi connectivity index (χ0) is 19.0. The number of nitrogens with one attached hydrogen (secondary N) is 1. The van der Waals surface area contributed by atoms with Gasteiger partial charge in [-0.05, 0) is 5.92 Å². The maximum atomic E-state index is 12.9. The van der Waals surface area contributed by atoms with Gasteiger partial charge in [0, 0.05) is 50.9 Å². The fourth-order valence-corrected chi connectivity index (χ4v) is 3.93. The van der Waals surface area contributed by atoms with Crippen LogP contribution in [0.4, 0.5) is 4.79 Å². The first kappa shape index (κ1) is 18.4. The van der Waals surface area contributed by atoms with E-state index in [4.69, 9.17) is 0 Å². The third kappa shape index (κ3) is 3.31. The number of likely N-dealkylation sites (tertiary alicyclic amines) is 1. The van der Waals surface area contributed by atoms with Gasteiger partial charge < -0.3 is 15.1 Å². The van der Waals surface area contributed by atoms with Crippen LogP contribution in [0.25, 0.3) is 4.96 Å². The first-order valence-electron chi connectivity index (χ1n) is 8.51. The minimum Gasteiger partial charge on any atom is -0.336 e. The fourth-order valence-electron chi connectivity index (χ4n) is 3.25. The van der Waals surface area contributed by atoms with Crippen LogP contribution in [-0.2, 0) is 0 Å². The quantitative estimate of drug-likeness (QED) is 0.868. The maximum Gasteiger partial charge on any atom is 0.317 e. The standard InChI is InChI=1S/C17H23N5O3S/c1-10(2)12-8-21(9-13(12)19-16(25)20(3)4)14(23)11-7-18-17-22(15(11)24)5-6-26-17/h5-7,10,12-13H,8-9H2,1-4H3,(H,19,25)/t12-,13+/m0/s1. The molecule has 0 aromatic carbocycles. The number of aromatic nitrogens is 2. The Hall–Kier alpha value is -2.42. The zero-order valence-electron chi connectivity index (χ0n) is 15.3. The summed E-state index contributed by atoms with van der Waals surface area (Å²) in [6, 6.07) is -0.328. The number of carbonyl (C=O) groups excluding carboxylic acids is 2. The molecule has 0 saturated carbocycles. The minimum absolute atomic E-state index is 0.0583. The Morgan fingerprint density at radius 2 is 2.08 bits per heavy atom. The second-order valence-corrected chi connectivity index (χ2v) is 7.97. The first-order valence-corrected chi connectivity index (χ1v) is 9.39. The number of amides is 3. The summed E-state index contributed by atoms with van der Waals surface area (Å²) < 4.78 is 1.39. The highest BCUT2D eigenvalue weighted by Crippen LogP contribution is 2.25. The van der Waals surface area contributed by atoms with Crippen LogP contribution in [0.2, 0.25) is 0 Å². The lowest BCUT2D eigenvalue weighted by atomic mass is 9.91. The molecule has 0 bridgehead atoms. The lowest BCUT2D eigenvalue weighted by Gasteiger charge is -2.24.